The maximum atomic E-state index is 9.32. The summed E-state index contributed by atoms with van der Waals surface area (Å²) < 4.78 is 4.83. The van der Waals surface area contributed by atoms with Gasteiger partial charge in [-0.05, 0) is 0 Å². The van der Waals surface area contributed by atoms with Crippen LogP contribution in [0.4, 0.5) is 0 Å². The minimum Gasteiger partial charge on any atom is -0.394 e. The Hall–Kier alpha value is -0.200. The summed E-state index contributed by atoms with van der Waals surface area (Å²) in [4.78, 5) is 0. The Morgan fingerprint density at radius 2 is 1.75 bits per heavy atom. The van der Waals surface area contributed by atoms with Crippen molar-refractivity contribution in [3.05, 3.63) is 0 Å². The van der Waals surface area contributed by atoms with Crippen LogP contribution in [-0.2, 0) is 4.74 Å². The van der Waals surface area contributed by atoms with E-state index in [4.69, 9.17) is 14.9 Å². The number of hydrogen-bond acceptors (Lipinski definition) is 5. The zero-order valence-corrected chi connectivity index (χ0v) is 6.79. The van der Waals surface area contributed by atoms with E-state index in [1.165, 1.54) is 0 Å². The molecule has 0 aromatic heterocycles. The van der Waals surface area contributed by atoms with Gasteiger partial charge in [-0.15, -0.1) is 0 Å². The molecule has 0 radical (unpaired) electrons. The molecular formula is C7H14O5. The van der Waals surface area contributed by atoms with Crippen molar-refractivity contribution in [3.8, 4) is 0 Å². The SMILES string of the molecule is CC1C(O)[C@H](O)C(CO)O[C@@H]1O. The van der Waals surface area contributed by atoms with Gasteiger partial charge >= 0.3 is 0 Å². The number of aliphatic hydroxyl groups is 4. The van der Waals surface area contributed by atoms with Crippen LogP contribution in [-0.4, -0.2) is 51.6 Å². The van der Waals surface area contributed by atoms with Crippen molar-refractivity contribution in [1.82, 2.24) is 0 Å². The normalized spacial score (nSPS) is 49.2. The molecule has 3 unspecified atom stereocenters. The van der Waals surface area contributed by atoms with Gasteiger partial charge in [-0.2, -0.15) is 0 Å². The van der Waals surface area contributed by atoms with Crippen molar-refractivity contribution in [2.75, 3.05) is 6.61 Å². The topological polar surface area (TPSA) is 90.2 Å². The van der Waals surface area contributed by atoms with Crippen LogP contribution >= 0.6 is 0 Å². The second kappa shape index (κ2) is 3.68. The van der Waals surface area contributed by atoms with Crippen molar-refractivity contribution in [3.63, 3.8) is 0 Å². The van der Waals surface area contributed by atoms with Gasteiger partial charge in [0.05, 0.1) is 12.7 Å². The number of hydrogen-bond donors (Lipinski definition) is 4. The largest absolute Gasteiger partial charge is 0.394 e. The molecule has 0 bridgehead atoms. The predicted molar refractivity (Wildman–Crippen MR) is 39.1 cm³/mol. The Balaban J connectivity index is 2.63. The lowest BCUT2D eigenvalue weighted by atomic mass is 9.93. The molecule has 0 aromatic carbocycles. The summed E-state index contributed by atoms with van der Waals surface area (Å²) in [6.45, 7) is 1.15. The molecule has 5 heteroatoms. The second-order valence-electron chi connectivity index (χ2n) is 3.09. The molecule has 1 aliphatic rings. The predicted octanol–water partition coefficient (Wildman–Crippen LogP) is -1.95. The first-order chi connectivity index (χ1) is 5.57. The number of rotatable bonds is 1. The average molecular weight is 178 g/mol. The molecular weight excluding hydrogens is 164 g/mol. The van der Waals surface area contributed by atoms with Crippen LogP contribution < -0.4 is 0 Å². The van der Waals surface area contributed by atoms with Gasteiger partial charge < -0.3 is 25.2 Å². The van der Waals surface area contributed by atoms with Gasteiger partial charge in [-0.1, -0.05) is 6.92 Å². The van der Waals surface area contributed by atoms with Crippen LogP contribution in [0.2, 0.25) is 0 Å². The van der Waals surface area contributed by atoms with E-state index in [1.807, 2.05) is 0 Å². The molecule has 5 nitrogen and oxygen atoms in total. The summed E-state index contributed by atoms with van der Waals surface area (Å²) in [5.74, 6) is -0.539. The van der Waals surface area contributed by atoms with Crippen LogP contribution in [0.5, 0.6) is 0 Å². The molecule has 1 saturated heterocycles. The summed E-state index contributed by atoms with van der Waals surface area (Å²) in [6.07, 6.45) is -4.20. The molecule has 0 aliphatic carbocycles. The fourth-order valence-corrected chi connectivity index (χ4v) is 1.23. The highest BCUT2D eigenvalue weighted by Gasteiger charge is 2.40. The highest BCUT2D eigenvalue weighted by molar-refractivity contribution is 4.86. The Morgan fingerprint density at radius 1 is 1.17 bits per heavy atom. The minimum absolute atomic E-state index is 0.415. The number of ether oxygens (including phenoxy) is 1. The molecule has 72 valence electrons. The van der Waals surface area contributed by atoms with Gasteiger partial charge in [-0.25, -0.2) is 0 Å². The lowest BCUT2D eigenvalue weighted by molar-refractivity contribution is -0.266. The van der Waals surface area contributed by atoms with Crippen LogP contribution in [0.15, 0.2) is 0 Å². The third-order valence-electron chi connectivity index (χ3n) is 2.21. The van der Waals surface area contributed by atoms with Gasteiger partial charge in [-0.3, -0.25) is 0 Å². The van der Waals surface area contributed by atoms with E-state index in [0.717, 1.165) is 0 Å². The van der Waals surface area contributed by atoms with E-state index < -0.39 is 37.1 Å². The Labute approximate surface area is 70.2 Å². The first-order valence-corrected chi connectivity index (χ1v) is 3.88. The maximum Gasteiger partial charge on any atom is 0.160 e. The van der Waals surface area contributed by atoms with Crippen LogP contribution in [0.1, 0.15) is 6.92 Å². The van der Waals surface area contributed by atoms with Gasteiger partial charge in [0.15, 0.2) is 6.29 Å². The van der Waals surface area contributed by atoms with Gasteiger partial charge in [0.2, 0.25) is 0 Å². The molecule has 1 rings (SSSR count). The van der Waals surface area contributed by atoms with Crippen molar-refractivity contribution >= 4 is 0 Å². The lowest BCUT2D eigenvalue weighted by Gasteiger charge is -2.38. The molecule has 12 heavy (non-hydrogen) atoms. The Bertz CT molecular complexity index is 146. The average Bonchev–Trinajstić information content (AvgIpc) is 2.08. The van der Waals surface area contributed by atoms with Crippen molar-refractivity contribution in [2.24, 2.45) is 5.92 Å². The Morgan fingerprint density at radius 3 is 2.25 bits per heavy atom. The first-order valence-electron chi connectivity index (χ1n) is 3.88. The highest BCUT2D eigenvalue weighted by atomic mass is 16.6. The van der Waals surface area contributed by atoms with E-state index in [0.29, 0.717) is 0 Å². The van der Waals surface area contributed by atoms with Crippen LogP contribution in [0, 0.1) is 5.92 Å². The monoisotopic (exact) mass is 178 g/mol. The quantitative estimate of drug-likeness (QED) is 0.375. The third kappa shape index (κ3) is 1.60. The molecule has 0 aromatic rings. The zero-order valence-electron chi connectivity index (χ0n) is 6.79. The summed E-state index contributed by atoms with van der Waals surface area (Å²) in [5.41, 5.74) is 0. The third-order valence-corrected chi connectivity index (χ3v) is 2.21. The molecule has 1 heterocycles. The van der Waals surface area contributed by atoms with E-state index in [1.54, 1.807) is 6.92 Å². The summed E-state index contributed by atoms with van der Waals surface area (Å²) in [5, 5.41) is 36.4. The maximum absolute atomic E-state index is 9.32. The van der Waals surface area contributed by atoms with E-state index in [2.05, 4.69) is 0 Å². The summed E-state index contributed by atoms with van der Waals surface area (Å²) in [6, 6.07) is 0. The standard InChI is InChI=1S/C7H14O5/c1-3-5(9)6(10)4(2-8)12-7(3)11/h3-11H,2H2,1H3/t3?,4?,5?,6-,7+/m1/s1. The molecule has 1 fully saturated rings. The van der Waals surface area contributed by atoms with Gasteiger partial charge in [0.1, 0.15) is 12.2 Å². The van der Waals surface area contributed by atoms with Crippen LogP contribution in [0.25, 0.3) is 0 Å². The van der Waals surface area contributed by atoms with Crippen molar-refractivity contribution < 1.29 is 25.2 Å². The summed E-state index contributed by atoms with van der Waals surface area (Å²) in [7, 11) is 0. The van der Waals surface area contributed by atoms with Crippen molar-refractivity contribution in [1.29, 1.82) is 0 Å². The van der Waals surface area contributed by atoms with Crippen LogP contribution in [0.3, 0.4) is 0 Å². The Kier molecular flexibility index (Phi) is 3.03. The lowest BCUT2D eigenvalue weighted by Crippen LogP contribution is -2.54. The molecule has 1 aliphatic heterocycles. The van der Waals surface area contributed by atoms with E-state index in [-0.39, 0.29) is 0 Å². The summed E-state index contributed by atoms with van der Waals surface area (Å²) >= 11 is 0. The highest BCUT2D eigenvalue weighted by Crippen LogP contribution is 2.23. The van der Waals surface area contributed by atoms with E-state index >= 15 is 0 Å². The van der Waals surface area contributed by atoms with E-state index in [9.17, 15) is 10.2 Å². The fourth-order valence-electron chi connectivity index (χ4n) is 1.23. The molecule has 0 saturated carbocycles. The number of aliphatic hydroxyl groups excluding tert-OH is 4. The fraction of sp³-hybridized carbons (Fsp3) is 1.00. The smallest absolute Gasteiger partial charge is 0.160 e. The molecule has 0 spiro atoms. The van der Waals surface area contributed by atoms with Crippen molar-refractivity contribution in [2.45, 2.75) is 31.5 Å². The molecule has 0 amide bonds. The second-order valence-corrected chi connectivity index (χ2v) is 3.09. The first kappa shape index (κ1) is 9.88. The van der Waals surface area contributed by atoms with Gasteiger partial charge in [0.25, 0.3) is 0 Å². The minimum atomic E-state index is -1.13. The molecule has 5 atom stereocenters. The molecule has 4 N–H and O–H groups in total. The zero-order chi connectivity index (χ0) is 9.30. The van der Waals surface area contributed by atoms with Gasteiger partial charge in [0, 0.05) is 5.92 Å².